The number of hydrogen-bond donors (Lipinski definition) is 1. The Kier molecular flexibility index (Phi) is 4.85. The summed E-state index contributed by atoms with van der Waals surface area (Å²) in [5.41, 5.74) is 1.25. The number of nitrogens with zero attached hydrogens (tertiary/aromatic N) is 3. The number of nitro groups is 1. The molecule has 0 fully saturated rings. The van der Waals surface area contributed by atoms with Crippen molar-refractivity contribution in [1.82, 2.24) is 5.06 Å². The van der Waals surface area contributed by atoms with E-state index in [1.807, 2.05) is 0 Å². The first-order valence-electron chi connectivity index (χ1n) is 8.97. The van der Waals surface area contributed by atoms with Gasteiger partial charge in [0.25, 0.3) is 11.6 Å². The number of allylic oxidation sites excluding steroid dienone is 1. The predicted molar refractivity (Wildman–Crippen MR) is 109 cm³/mol. The lowest BCUT2D eigenvalue weighted by Gasteiger charge is -2.22. The van der Waals surface area contributed by atoms with Gasteiger partial charge in [0, 0.05) is 12.1 Å². The smallest absolute Gasteiger partial charge is 0.282 e. The number of para-hydroxylation sites is 1. The Morgan fingerprint density at radius 1 is 1.23 bits per heavy atom. The maximum Gasteiger partial charge on any atom is 0.282 e. The van der Waals surface area contributed by atoms with E-state index < -0.39 is 10.8 Å². The highest BCUT2D eigenvalue weighted by atomic mass is 16.7. The number of nitro benzene ring substituents is 1. The van der Waals surface area contributed by atoms with Gasteiger partial charge in [-0.2, -0.15) is 4.99 Å². The monoisotopic (exact) mass is 404 g/mol. The second kappa shape index (κ2) is 7.63. The summed E-state index contributed by atoms with van der Waals surface area (Å²) in [6.45, 7) is 1.77. The third-order valence-corrected chi connectivity index (χ3v) is 4.45. The average molecular weight is 404 g/mol. The fourth-order valence-corrected chi connectivity index (χ4v) is 3.00. The molecule has 2 aliphatic heterocycles. The van der Waals surface area contributed by atoms with Crippen LogP contribution in [0.5, 0.6) is 5.75 Å². The lowest BCUT2D eigenvalue weighted by atomic mass is 10.1. The zero-order valence-electron chi connectivity index (χ0n) is 15.9. The molecule has 0 aromatic heterocycles. The third kappa shape index (κ3) is 3.68. The van der Waals surface area contributed by atoms with Crippen LogP contribution in [0.25, 0.3) is 6.08 Å². The van der Waals surface area contributed by atoms with Crippen molar-refractivity contribution >= 4 is 29.3 Å². The zero-order chi connectivity index (χ0) is 21.3. The Morgan fingerprint density at radius 2 is 1.97 bits per heavy atom. The van der Waals surface area contributed by atoms with Gasteiger partial charge < -0.3 is 9.57 Å². The van der Waals surface area contributed by atoms with Gasteiger partial charge in [-0.25, -0.2) is 0 Å². The van der Waals surface area contributed by atoms with Crippen LogP contribution in [0.1, 0.15) is 18.1 Å². The van der Waals surface area contributed by atoms with Gasteiger partial charge in [-0.3, -0.25) is 20.3 Å². The van der Waals surface area contributed by atoms with E-state index in [0.29, 0.717) is 28.5 Å². The van der Waals surface area contributed by atoms with Crippen LogP contribution >= 0.6 is 0 Å². The van der Waals surface area contributed by atoms with E-state index in [1.165, 1.54) is 11.1 Å². The predicted octanol–water partition coefficient (Wildman–Crippen LogP) is 3.62. The topological polar surface area (TPSA) is 118 Å². The fourth-order valence-electron chi connectivity index (χ4n) is 3.00. The second-order valence-corrected chi connectivity index (χ2v) is 6.57. The SMILES string of the molecule is CC1=CC2=NC(=O)/C(=C/c3ccc(OCc4ccccc4[N+](=O)[O-])cc3)C(=N)N2O1. The number of amidine groups is 2. The molecule has 0 unspecified atom stereocenters. The molecule has 0 spiro atoms. The normalized spacial score (nSPS) is 16.7. The number of rotatable bonds is 5. The summed E-state index contributed by atoms with van der Waals surface area (Å²) >= 11 is 0. The van der Waals surface area contributed by atoms with Crippen LogP contribution in [0.3, 0.4) is 0 Å². The molecular formula is C21H16N4O5. The maximum absolute atomic E-state index is 12.3. The molecule has 9 nitrogen and oxygen atoms in total. The van der Waals surface area contributed by atoms with E-state index in [4.69, 9.17) is 15.0 Å². The number of aliphatic imine (C=N–C) groups is 1. The van der Waals surface area contributed by atoms with E-state index in [1.54, 1.807) is 61.5 Å². The van der Waals surface area contributed by atoms with Gasteiger partial charge in [-0.1, -0.05) is 24.3 Å². The molecule has 0 radical (unpaired) electrons. The lowest BCUT2D eigenvalue weighted by Crippen LogP contribution is -2.38. The standard InChI is InChI=1S/C21H16N4O5/c1-13-10-19-23-21(26)17(20(22)24(19)30-13)11-14-6-8-16(9-7-14)29-12-15-4-2-3-5-18(15)25(27)28/h2-11,22H,12H2,1H3/b17-11+,22-20?. The molecule has 0 bridgehead atoms. The molecule has 9 heteroatoms. The van der Waals surface area contributed by atoms with E-state index in [0.717, 1.165) is 0 Å². The molecule has 2 aromatic rings. The minimum absolute atomic E-state index is 0.00181. The zero-order valence-corrected chi connectivity index (χ0v) is 15.9. The van der Waals surface area contributed by atoms with E-state index in [-0.39, 0.29) is 23.7 Å². The summed E-state index contributed by atoms with van der Waals surface area (Å²) in [6, 6.07) is 13.2. The Labute approximate surface area is 171 Å². The quantitative estimate of drug-likeness (QED) is 0.462. The number of hydroxylamine groups is 2. The number of benzene rings is 2. The highest BCUT2D eigenvalue weighted by Crippen LogP contribution is 2.25. The molecule has 30 heavy (non-hydrogen) atoms. The van der Waals surface area contributed by atoms with E-state index in [2.05, 4.69) is 4.99 Å². The molecule has 1 N–H and O–H groups in total. The van der Waals surface area contributed by atoms with Crippen LogP contribution in [0, 0.1) is 15.5 Å². The molecule has 150 valence electrons. The Morgan fingerprint density at radius 3 is 2.70 bits per heavy atom. The summed E-state index contributed by atoms with van der Waals surface area (Å²) in [5.74, 6) is 0.752. The van der Waals surface area contributed by atoms with Crippen LogP contribution in [0.4, 0.5) is 5.69 Å². The number of carbonyl (C=O) groups is 1. The first-order chi connectivity index (χ1) is 14.4. The third-order valence-electron chi connectivity index (χ3n) is 4.45. The highest BCUT2D eigenvalue weighted by Gasteiger charge is 2.34. The summed E-state index contributed by atoms with van der Waals surface area (Å²) in [4.78, 5) is 32.2. The number of ether oxygens (including phenoxy) is 1. The van der Waals surface area contributed by atoms with Crippen molar-refractivity contribution in [2.75, 3.05) is 0 Å². The molecule has 4 rings (SSSR count). The van der Waals surface area contributed by atoms with Crippen LogP contribution in [0.15, 0.2) is 70.9 Å². The van der Waals surface area contributed by atoms with Crippen molar-refractivity contribution in [2.45, 2.75) is 13.5 Å². The van der Waals surface area contributed by atoms with Crippen molar-refractivity contribution < 1.29 is 19.3 Å². The van der Waals surface area contributed by atoms with Gasteiger partial charge in [-0.05, 0) is 36.8 Å². The Hall–Kier alpha value is -4.27. The maximum atomic E-state index is 12.3. The molecule has 0 saturated heterocycles. The van der Waals surface area contributed by atoms with Crippen LogP contribution in [-0.2, 0) is 16.2 Å². The Bertz CT molecular complexity index is 1150. The minimum Gasteiger partial charge on any atom is -0.489 e. The summed E-state index contributed by atoms with van der Waals surface area (Å²) in [5, 5.41) is 20.5. The van der Waals surface area contributed by atoms with Crippen molar-refractivity contribution in [3.63, 3.8) is 0 Å². The molecule has 2 aliphatic rings. The van der Waals surface area contributed by atoms with Gasteiger partial charge in [0.05, 0.1) is 16.1 Å². The molecule has 2 heterocycles. The van der Waals surface area contributed by atoms with E-state index in [9.17, 15) is 14.9 Å². The van der Waals surface area contributed by atoms with Crippen molar-refractivity contribution in [2.24, 2.45) is 4.99 Å². The minimum atomic E-state index is -0.516. The number of nitrogens with one attached hydrogen (secondary N) is 1. The second-order valence-electron chi connectivity index (χ2n) is 6.57. The molecular weight excluding hydrogens is 388 g/mol. The van der Waals surface area contributed by atoms with Crippen molar-refractivity contribution in [1.29, 1.82) is 5.41 Å². The fraction of sp³-hybridized carbons (Fsp3) is 0.0952. The Balaban J connectivity index is 1.48. The molecule has 0 aliphatic carbocycles. The summed E-state index contributed by atoms with van der Waals surface area (Å²) < 4.78 is 5.65. The van der Waals surface area contributed by atoms with Crippen molar-refractivity contribution in [3.8, 4) is 5.75 Å². The first kappa shape index (κ1) is 19.1. The number of fused-ring (bicyclic) bond motifs is 1. The van der Waals surface area contributed by atoms with Gasteiger partial charge in [0.1, 0.15) is 18.1 Å². The largest absolute Gasteiger partial charge is 0.489 e. The van der Waals surface area contributed by atoms with Crippen LogP contribution in [0.2, 0.25) is 0 Å². The van der Waals surface area contributed by atoms with Crippen LogP contribution < -0.4 is 4.74 Å². The van der Waals surface area contributed by atoms with Gasteiger partial charge >= 0.3 is 0 Å². The number of amides is 1. The van der Waals surface area contributed by atoms with Gasteiger partial charge in [0.2, 0.25) is 0 Å². The lowest BCUT2D eigenvalue weighted by molar-refractivity contribution is -0.385. The molecule has 0 atom stereocenters. The van der Waals surface area contributed by atoms with Crippen molar-refractivity contribution in [3.05, 3.63) is 87.2 Å². The average Bonchev–Trinajstić information content (AvgIpc) is 3.11. The summed E-state index contributed by atoms with van der Waals surface area (Å²) in [7, 11) is 0. The molecule has 0 saturated carbocycles. The molecule has 1 amide bonds. The molecule has 2 aromatic carbocycles. The number of carbonyl (C=O) groups excluding carboxylic acids is 1. The first-order valence-corrected chi connectivity index (χ1v) is 8.97. The number of hydrogen-bond acceptors (Lipinski definition) is 6. The van der Waals surface area contributed by atoms with Gasteiger partial charge in [0.15, 0.2) is 11.7 Å². The van der Waals surface area contributed by atoms with E-state index >= 15 is 0 Å². The summed E-state index contributed by atoms with van der Waals surface area (Å²) in [6.07, 6.45) is 3.14. The van der Waals surface area contributed by atoms with Crippen LogP contribution in [-0.4, -0.2) is 27.6 Å². The van der Waals surface area contributed by atoms with Gasteiger partial charge in [-0.15, -0.1) is 5.06 Å². The highest BCUT2D eigenvalue weighted by molar-refractivity contribution is 6.32.